The first-order chi connectivity index (χ1) is 11.3. The lowest BCUT2D eigenvalue weighted by Crippen LogP contribution is -2.30. The highest BCUT2D eigenvalue weighted by molar-refractivity contribution is 9.10. The Kier molecular flexibility index (Phi) is 5.85. The topological polar surface area (TPSA) is 75.6 Å². The zero-order valence-corrected chi connectivity index (χ0v) is 15.3. The van der Waals surface area contributed by atoms with E-state index < -0.39 is 12.1 Å². The quantitative estimate of drug-likeness (QED) is 0.757. The van der Waals surface area contributed by atoms with Crippen molar-refractivity contribution in [3.8, 4) is 5.75 Å². The van der Waals surface area contributed by atoms with Crippen LogP contribution in [0.4, 0.5) is 5.69 Å². The van der Waals surface area contributed by atoms with Crippen LogP contribution >= 0.6 is 27.5 Å². The van der Waals surface area contributed by atoms with Gasteiger partial charge in [-0.15, -0.1) is 0 Å². The van der Waals surface area contributed by atoms with E-state index in [9.17, 15) is 9.59 Å². The highest BCUT2D eigenvalue weighted by atomic mass is 79.9. The van der Waals surface area contributed by atoms with Gasteiger partial charge in [0.2, 0.25) is 0 Å². The van der Waals surface area contributed by atoms with E-state index in [4.69, 9.17) is 21.4 Å². The predicted molar refractivity (Wildman–Crippen MR) is 96.0 cm³/mol. The molecule has 2 aromatic carbocycles. The Hall–Kier alpha value is -2.05. The van der Waals surface area contributed by atoms with Crippen LogP contribution in [0.2, 0.25) is 5.02 Å². The molecule has 1 amide bonds. The van der Waals surface area contributed by atoms with Crippen LogP contribution in [-0.2, 0) is 4.79 Å². The molecule has 0 spiro atoms. The van der Waals surface area contributed by atoms with E-state index >= 15 is 0 Å². The molecule has 0 fully saturated rings. The lowest BCUT2D eigenvalue weighted by atomic mass is 10.2. The molecule has 126 valence electrons. The van der Waals surface area contributed by atoms with Crippen LogP contribution in [0.3, 0.4) is 0 Å². The highest BCUT2D eigenvalue weighted by Gasteiger charge is 2.18. The van der Waals surface area contributed by atoms with E-state index in [1.165, 1.54) is 18.2 Å². The number of aromatic carboxylic acids is 1. The second-order valence-electron chi connectivity index (χ2n) is 5.16. The van der Waals surface area contributed by atoms with E-state index in [2.05, 4.69) is 21.2 Å². The summed E-state index contributed by atoms with van der Waals surface area (Å²) < 4.78 is 6.06. The predicted octanol–water partition coefficient (Wildman–Crippen LogP) is 4.52. The maximum absolute atomic E-state index is 12.3. The number of anilines is 1. The molecule has 7 heteroatoms. The number of carbonyl (C=O) groups is 2. The monoisotopic (exact) mass is 411 g/mol. The second kappa shape index (κ2) is 7.68. The van der Waals surface area contributed by atoms with Crippen LogP contribution in [0.1, 0.15) is 22.8 Å². The molecular weight excluding hydrogens is 398 g/mol. The van der Waals surface area contributed by atoms with Crippen molar-refractivity contribution in [2.24, 2.45) is 0 Å². The summed E-state index contributed by atoms with van der Waals surface area (Å²) in [6.07, 6.45) is -0.782. The Balaban J connectivity index is 2.09. The maximum atomic E-state index is 12.3. The van der Waals surface area contributed by atoms with Gasteiger partial charge < -0.3 is 15.2 Å². The second-order valence-corrected chi connectivity index (χ2v) is 6.45. The Labute approximate surface area is 152 Å². The number of carbonyl (C=O) groups excluding carboxylic acids is 1. The maximum Gasteiger partial charge on any atom is 0.335 e. The number of hydrogen-bond donors (Lipinski definition) is 2. The Morgan fingerprint density at radius 3 is 2.58 bits per heavy atom. The molecule has 0 aliphatic heterocycles. The SMILES string of the molecule is Cc1ccc(Cl)cc1NC(=O)[C@@H](C)Oc1ccc(C(=O)O)cc1Br. The molecule has 0 saturated carbocycles. The average Bonchev–Trinajstić information content (AvgIpc) is 2.52. The number of hydrogen-bond acceptors (Lipinski definition) is 3. The minimum Gasteiger partial charge on any atom is -0.480 e. The third-order valence-electron chi connectivity index (χ3n) is 3.31. The first-order valence-electron chi connectivity index (χ1n) is 7.04. The van der Waals surface area contributed by atoms with Crippen LogP contribution in [0, 0.1) is 6.92 Å². The van der Waals surface area contributed by atoms with Crippen molar-refractivity contribution in [2.45, 2.75) is 20.0 Å². The van der Waals surface area contributed by atoms with Gasteiger partial charge in [0.25, 0.3) is 5.91 Å². The van der Waals surface area contributed by atoms with Crippen molar-refractivity contribution >= 4 is 45.1 Å². The lowest BCUT2D eigenvalue weighted by Gasteiger charge is -2.17. The zero-order chi connectivity index (χ0) is 17.9. The molecule has 2 N–H and O–H groups in total. The molecule has 2 aromatic rings. The molecule has 0 aliphatic rings. The van der Waals surface area contributed by atoms with Gasteiger partial charge in [-0.3, -0.25) is 4.79 Å². The Morgan fingerprint density at radius 2 is 1.96 bits per heavy atom. The molecule has 0 unspecified atom stereocenters. The summed E-state index contributed by atoms with van der Waals surface area (Å²) >= 11 is 9.18. The molecule has 0 aliphatic carbocycles. The number of amides is 1. The van der Waals surface area contributed by atoms with Crippen molar-refractivity contribution in [2.75, 3.05) is 5.32 Å². The normalized spacial score (nSPS) is 11.7. The summed E-state index contributed by atoms with van der Waals surface area (Å²) in [5, 5.41) is 12.2. The van der Waals surface area contributed by atoms with Gasteiger partial charge in [-0.1, -0.05) is 17.7 Å². The number of carboxylic acid groups (broad SMARTS) is 1. The summed E-state index contributed by atoms with van der Waals surface area (Å²) in [6, 6.07) is 9.55. The van der Waals surface area contributed by atoms with Crippen molar-refractivity contribution in [1.29, 1.82) is 0 Å². The third-order valence-corrected chi connectivity index (χ3v) is 4.16. The van der Waals surface area contributed by atoms with Crippen LogP contribution < -0.4 is 10.1 Å². The minimum absolute atomic E-state index is 0.126. The average molecular weight is 413 g/mol. The van der Waals surface area contributed by atoms with Gasteiger partial charge >= 0.3 is 5.97 Å². The summed E-state index contributed by atoms with van der Waals surface area (Å²) in [5.74, 6) is -0.996. The molecule has 0 bridgehead atoms. The van der Waals surface area contributed by atoms with Gasteiger partial charge in [-0.25, -0.2) is 4.79 Å². The highest BCUT2D eigenvalue weighted by Crippen LogP contribution is 2.27. The number of ether oxygens (including phenoxy) is 1. The molecule has 1 atom stereocenters. The summed E-state index contributed by atoms with van der Waals surface area (Å²) in [4.78, 5) is 23.2. The van der Waals surface area contributed by atoms with E-state index in [1.54, 1.807) is 19.1 Å². The van der Waals surface area contributed by atoms with E-state index in [-0.39, 0.29) is 11.5 Å². The number of halogens is 2. The van der Waals surface area contributed by atoms with E-state index in [1.807, 2.05) is 13.0 Å². The van der Waals surface area contributed by atoms with Crippen molar-refractivity contribution in [3.63, 3.8) is 0 Å². The van der Waals surface area contributed by atoms with Crippen molar-refractivity contribution < 1.29 is 19.4 Å². The number of aryl methyl sites for hydroxylation is 1. The molecule has 5 nitrogen and oxygen atoms in total. The van der Waals surface area contributed by atoms with Crippen LogP contribution in [0.25, 0.3) is 0 Å². The molecule has 2 rings (SSSR count). The molecule has 0 saturated heterocycles. The number of rotatable bonds is 5. The van der Waals surface area contributed by atoms with Crippen molar-refractivity contribution in [3.05, 3.63) is 57.0 Å². The summed E-state index contributed by atoms with van der Waals surface area (Å²) in [7, 11) is 0. The number of nitrogens with one attached hydrogen (secondary N) is 1. The van der Waals surface area contributed by atoms with Crippen LogP contribution in [0.5, 0.6) is 5.75 Å². The molecule has 24 heavy (non-hydrogen) atoms. The van der Waals surface area contributed by atoms with Gasteiger partial charge in [0.1, 0.15) is 5.75 Å². The summed E-state index contributed by atoms with van der Waals surface area (Å²) in [6.45, 7) is 3.46. The number of carboxylic acids is 1. The largest absolute Gasteiger partial charge is 0.480 e. The molecule has 0 heterocycles. The minimum atomic E-state index is -1.04. The van der Waals surface area contributed by atoms with Gasteiger partial charge in [0, 0.05) is 10.7 Å². The van der Waals surface area contributed by atoms with Crippen LogP contribution in [0.15, 0.2) is 40.9 Å². The lowest BCUT2D eigenvalue weighted by molar-refractivity contribution is -0.122. The number of benzene rings is 2. The molecular formula is C17H15BrClNO4. The smallest absolute Gasteiger partial charge is 0.335 e. The molecule has 0 aromatic heterocycles. The third kappa shape index (κ3) is 4.49. The standard InChI is InChI=1S/C17H15BrClNO4/c1-9-3-5-12(19)8-14(9)20-16(21)10(2)24-15-6-4-11(17(22)23)7-13(15)18/h3-8,10H,1-2H3,(H,20,21)(H,22,23)/t10-/m1/s1. The fourth-order valence-corrected chi connectivity index (χ4v) is 2.58. The van der Waals surface area contributed by atoms with Gasteiger partial charge in [0.05, 0.1) is 10.0 Å². The Bertz CT molecular complexity index is 794. The van der Waals surface area contributed by atoms with Gasteiger partial charge in [-0.05, 0) is 65.7 Å². The first kappa shape index (κ1) is 18.3. The van der Waals surface area contributed by atoms with Gasteiger partial charge in [0.15, 0.2) is 6.10 Å². The fraction of sp³-hybridized carbons (Fsp3) is 0.176. The van der Waals surface area contributed by atoms with E-state index in [0.717, 1.165) is 5.56 Å². The first-order valence-corrected chi connectivity index (χ1v) is 8.21. The summed E-state index contributed by atoms with van der Waals surface area (Å²) in [5.41, 5.74) is 1.62. The molecule has 0 radical (unpaired) electrons. The zero-order valence-electron chi connectivity index (χ0n) is 13.0. The van der Waals surface area contributed by atoms with Gasteiger partial charge in [-0.2, -0.15) is 0 Å². The Morgan fingerprint density at radius 1 is 1.25 bits per heavy atom. The van der Waals surface area contributed by atoms with E-state index in [0.29, 0.717) is 20.9 Å². The fourth-order valence-electron chi connectivity index (χ4n) is 1.94. The van der Waals surface area contributed by atoms with Crippen molar-refractivity contribution in [1.82, 2.24) is 0 Å². The van der Waals surface area contributed by atoms with Crippen LogP contribution in [-0.4, -0.2) is 23.1 Å².